The summed E-state index contributed by atoms with van der Waals surface area (Å²) in [6, 6.07) is 4.09. The summed E-state index contributed by atoms with van der Waals surface area (Å²) in [5.74, 6) is 4.61. The highest BCUT2D eigenvalue weighted by Crippen LogP contribution is 2.06. The molecule has 0 spiro atoms. The number of rotatable bonds is 5. The van der Waals surface area contributed by atoms with E-state index in [1.807, 2.05) is 19.1 Å². The van der Waals surface area contributed by atoms with Crippen molar-refractivity contribution in [1.82, 2.24) is 5.32 Å². The highest BCUT2D eigenvalue weighted by atomic mass is 16.3. The van der Waals surface area contributed by atoms with Gasteiger partial charge in [0.05, 0.1) is 12.6 Å². The van der Waals surface area contributed by atoms with E-state index in [-0.39, 0.29) is 6.04 Å². The van der Waals surface area contributed by atoms with Gasteiger partial charge in [0, 0.05) is 0 Å². The Balaban J connectivity index is 2.36. The Morgan fingerprint density at radius 3 is 2.86 bits per heavy atom. The van der Waals surface area contributed by atoms with Crippen molar-refractivity contribution in [3.05, 3.63) is 23.7 Å². The molecule has 0 fully saturated rings. The molecular formula is C12H17NO. The van der Waals surface area contributed by atoms with Gasteiger partial charge in [-0.1, -0.05) is 19.3 Å². The van der Waals surface area contributed by atoms with Crippen molar-refractivity contribution in [1.29, 1.82) is 0 Å². The Bertz CT molecular complexity index is 308. The van der Waals surface area contributed by atoms with Gasteiger partial charge < -0.3 is 4.42 Å². The monoisotopic (exact) mass is 191 g/mol. The van der Waals surface area contributed by atoms with Gasteiger partial charge in [-0.2, -0.15) is 0 Å². The second-order valence-corrected chi connectivity index (χ2v) is 3.40. The maximum atomic E-state index is 5.43. The van der Waals surface area contributed by atoms with Crippen molar-refractivity contribution in [3.63, 3.8) is 0 Å². The Morgan fingerprint density at radius 1 is 1.57 bits per heavy atom. The van der Waals surface area contributed by atoms with E-state index in [0.717, 1.165) is 24.4 Å². The highest BCUT2D eigenvalue weighted by Gasteiger charge is 2.04. The van der Waals surface area contributed by atoms with Crippen LogP contribution in [0.1, 0.15) is 31.3 Å². The van der Waals surface area contributed by atoms with Crippen LogP contribution >= 0.6 is 0 Å². The quantitative estimate of drug-likeness (QED) is 0.723. The molecule has 0 aliphatic heterocycles. The molecule has 76 valence electrons. The molecule has 0 bridgehead atoms. The molecule has 0 saturated carbocycles. The summed E-state index contributed by atoms with van der Waals surface area (Å²) in [6.45, 7) is 4.78. The molecule has 0 aromatic carbocycles. The van der Waals surface area contributed by atoms with E-state index in [1.165, 1.54) is 0 Å². The van der Waals surface area contributed by atoms with Crippen LogP contribution in [0.25, 0.3) is 0 Å². The van der Waals surface area contributed by atoms with Crippen molar-refractivity contribution in [2.24, 2.45) is 0 Å². The van der Waals surface area contributed by atoms with Gasteiger partial charge in [0.1, 0.15) is 11.5 Å². The minimum absolute atomic E-state index is 0.158. The van der Waals surface area contributed by atoms with Crippen LogP contribution in [0, 0.1) is 19.3 Å². The largest absolute Gasteiger partial charge is 0.465 e. The zero-order chi connectivity index (χ0) is 10.4. The predicted octanol–water partition coefficient (Wildman–Crippen LogP) is 2.48. The molecule has 1 rings (SSSR count). The number of furan rings is 1. The van der Waals surface area contributed by atoms with Crippen LogP contribution in [-0.4, -0.2) is 6.04 Å². The Morgan fingerprint density at radius 2 is 2.36 bits per heavy atom. The van der Waals surface area contributed by atoms with E-state index in [0.29, 0.717) is 6.54 Å². The summed E-state index contributed by atoms with van der Waals surface area (Å²) in [7, 11) is 0. The van der Waals surface area contributed by atoms with Gasteiger partial charge in [-0.25, -0.2) is 0 Å². The first-order valence-corrected chi connectivity index (χ1v) is 5.01. The van der Waals surface area contributed by atoms with E-state index < -0.39 is 0 Å². The first kappa shape index (κ1) is 10.9. The van der Waals surface area contributed by atoms with Crippen LogP contribution in [0.3, 0.4) is 0 Å². The molecule has 1 heterocycles. The van der Waals surface area contributed by atoms with Gasteiger partial charge >= 0.3 is 0 Å². The second kappa shape index (κ2) is 5.51. The molecule has 0 radical (unpaired) electrons. The van der Waals surface area contributed by atoms with Crippen LogP contribution in [0.15, 0.2) is 16.5 Å². The summed E-state index contributed by atoms with van der Waals surface area (Å²) in [5.41, 5.74) is 0. The lowest BCUT2D eigenvalue weighted by molar-refractivity contribution is 0.446. The molecule has 2 heteroatoms. The highest BCUT2D eigenvalue weighted by molar-refractivity contribution is 5.06. The van der Waals surface area contributed by atoms with Crippen LogP contribution in [0.5, 0.6) is 0 Å². The van der Waals surface area contributed by atoms with Gasteiger partial charge in [0.2, 0.25) is 0 Å². The zero-order valence-electron chi connectivity index (χ0n) is 8.84. The lowest BCUT2D eigenvalue weighted by Crippen LogP contribution is -2.26. The Labute approximate surface area is 85.7 Å². The molecule has 2 nitrogen and oxygen atoms in total. The average molecular weight is 191 g/mol. The average Bonchev–Trinajstić information content (AvgIpc) is 2.59. The number of aryl methyl sites for hydroxylation is 1. The van der Waals surface area contributed by atoms with Gasteiger partial charge in [0.15, 0.2) is 0 Å². The van der Waals surface area contributed by atoms with Gasteiger partial charge in [-0.15, -0.1) is 6.42 Å². The maximum absolute atomic E-state index is 5.43. The molecule has 1 N–H and O–H groups in total. The normalized spacial score (nSPS) is 12.4. The number of nitrogens with one attached hydrogen (secondary N) is 1. The van der Waals surface area contributed by atoms with E-state index in [4.69, 9.17) is 10.8 Å². The Kier molecular flexibility index (Phi) is 4.28. The maximum Gasteiger partial charge on any atom is 0.117 e. The molecular weight excluding hydrogens is 174 g/mol. The number of terminal acetylenes is 1. The van der Waals surface area contributed by atoms with E-state index in [9.17, 15) is 0 Å². The standard InChI is InChI=1S/C12H17NO/c1-4-6-11(5-2)13-9-12-8-7-10(3)14-12/h2,7-8,11,13H,4,6,9H2,1,3H3. The van der Waals surface area contributed by atoms with E-state index in [2.05, 4.69) is 18.2 Å². The third-order valence-corrected chi connectivity index (χ3v) is 2.10. The fourth-order valence-corrected chi connectivity index (χ4v) is 1.34. The fourth-order valence-electron chi connectivity index (χ4n) is 1.34. The first-order chi connectivity index (χ1) is 6.76. The fraction of sp³-hybridized carbons (Fsp3) is 0.500. The summed E-state index contributed by atoms with van der Waals surface area (Å²) in [4.78, 5) is 0. The summed E-state index contributed by atoms with van der Waals surface area (Å²) in [6.07, 6.45) is 7.49. The molecule has 1 unspecified atom stereocenters. The zero-order valence-corrected chi connectivity index (χ0v) is 8.84. The SMILES string of the molecule is C#CC(CCC)NCc1ccc(C)o1. The minimum atomic E-state index is 0.158. The van der Waals surface area contributed by atoms with Crippen molar-refractivity contribution in [2.75, 3.05) is 0 Å². The van der Waals surface area contributed by atoms with Crippen molar-refractivity contribution < 1.29 is 4.42 Å². The lowest BCUT2D eigenvalue weighted by Gasteiger charge is -2.09. The van der Waals surface area contributed by atoms with Gasteiger partial charge in [-0.05, 0) is 25.5 Å². The van der Waals surface area contributed by atoms with E-state index >= 15 is 0 Å². The third-order valence-electron chi connectivity index (χ3n) is 2.10. The second-order valence-electron chi connectivity index (χ2n) is 3.40. The van der Waals surface area contributed by atoms with Crippen molar-refractivity contribution >= 4 is 0 Å². The smallest absolute Gasteiger partial charge is 0.117 e. The van der Waals surface area contributed by atoms with E-state index in [1.54, 1.807) is 0 Å². The van der Waals surface area contributed by atoms with Crippen molar-refractivity contribution in [2.45, 2.75) is 39.3 Å². The molecule has 0 saturated heterocycles. The molecule has 0 aliphatic carbocycles. The molecule has 1 aromatic rings. The minimum Gasteiger partial charge on any atom is -0.465 e. The van der Waals surface area contributed by atoms with Gasteiger partial charge in [-0.3, -0.25) is 5.32 Å². The van der Waals surface area contributed by atoms with Crippen LogP contribution in [-0.2, 0) is 6.54 Å². The molecule has 1 aromatic heterocycles. The first-order valence-electron chi connectivity index (χ1n) is 5.01. The van der Waals surface area contributed by atoms with Crippen LogP contribution in [0.2, 0.25) is 0 Å². The summed E-state index contributed by atoms with van der Waals surface area (Å²) < 4.78 is 5.43. The van der Waals surface area contributed by atoms with Crippen LogP contribution in [0.4, 0.5) is 0 Å². The Hall–Kier alpha value is -1.20. The molecule has 14 heavy (non-hydrogen) atoms. The van der Waals surface area contributed by atoms with Gasteiger partial charge in [0.25, 0.3) is 0 Å². The molecule has 0 amide bonds. The third kappa shape index (κ3) is 3.27. The van der Waals surface area contributed by atoms with Crippen LogP contribution < -0.4 is 5.32 Å². The number of hydrogen-bond acceptors (Lipinski definition) is 2. The summed E-state index contributed by atoms with van der Waals surface area (Å²) in [5, 5.41) is 3.27. The topological polar surface area (TPSA) is 25.2 Å². The van der Waals surface area contributed by atoms with Crippen molar-refractivity contribution in [3.8, 4) is 12.3 Å². The lowest BCUT2D eigenvalue weighted by atomic mass is 10.2. The summed E-state index contributed by atoms with van der Waals surface area (Å²) >= 11 is 0. The molecule has 1 atom stereocenters. The molecule has 0 aliphatic rings. The number of hydrogen-bond donors (Lipinski definition) is 1. The predicted molar refractivity (Wildman–Crippen MR) is 57.8 cm³/mol.